The van der Waals surface area contributed by atoms with E-state index in [-0.39, 0.29) is 30.2 Å². The molecule has 0 unspecified atom stereocenters. The van der Waals surface area contributed by atoms with Crippen LogP contribution in [0.4, 0.5) is 0 Å². The molecule has 0 aliphatic heterocycles. The molecule has 0 atom stereocenters. The molecule has 1 aromatic carbocycles. The first-order valence-corrected chi connectivity index (χ1v) is 5.78. The van der Waals surface area contributed by atoms with Gasteiger partial charge in [-0.3, -0.25) is 4.79 Å². The molecule has 0 saturated heterocycles. The number of benzene rings is 1. The minimum absolute atomic E-state index is 0.0500. The van der Waals surface area contributed by atoms with Crippen molar-refractivity contribution < 1.29 is 14.6 Å². The Hall–Kier alpha value is -1.55. The van der Waals surface area contributed by atoms with Crippen molar-refractivity contribution in [3.63, 3.8) is 0 Å². The van der Waals surface area contributed by atoms with E-state index < -0.39 is 0 Å². The second-order valence-electron chi connectivity index (χ2n) is 4.40. The van der Waals surface area contributed by atoms with Gasteiger partial charge in [0.2, 0.25) is 5.91 Å². The van der Waals surface area contributed by atoms with Crippen molar-refractivity contribution in [2.45, 2.75) is 31.4 Å². The van der Waals surface area contributed by atoms with E-state index in [0.717, 1.165) is 12.8 Å². The number of rotatable bonds is 4. The number of carbonyl (C=O) groups excluding carboxylic acids is 1. The Balaban J connectivity index is 1.80. The van der Waals surface area contributed by atoms with Crippen molar-refractivity contribution >= 4 is 5.91 Å². The van der Waals surface area contributed by atoms with Crippen molar-refractivity contribution in [2.75, 3.05) is 7.11 Å². The van der Waals surface area contributed by atoms with Gasteiger partial charge in [0.15, 0.2) is 0 Å². The van der Waals surface area contributed by atoms with Crippen molar-refractivity contribution in [1.82, 2.24) is 5.32 Å². The van der Waals surface area contributed by atoms with Crippen LogP contribution in [-0.2, 0) is 16.0 Å². The SMILES string of the molecule is COC1CC(NC(=O)Cc2ccccc2O)C1. The molecule has 0 spiro atoms. The Kier molecular flexibility index (Phi) is 3.64. The number of carbonyl (C=O) groups is 1. The minimum Gasteiger partial charge on any atom is -0.508 e. The third-order valence-corrected chi connectivity index (χ3v) is 3.14. The molecule has 92 valence electrons. The summed E-state index contributed by atoms with van der Waals surface area (Å²) in [4.78, 5) is 11.7. The highest BCUT2D eigenvalue weighted by molar-refractivity contribution is 5.79. The van der Waals surface area contributed by atoms with Crippen LogP contribution in [0.25, 0.3) is 0 Å². The van der Waals surface area contributed by atoms with Crippen LogP contribution >= 0.6 is 0 Å². The van der Waals surface area contributed by atoms with E-state index in [4.69, 9.17) is 4.74 Å². The van der Waals surface area contributed by atoms with Crippen LogP contribution < -0.4 is 5.32 Å². The van der Waals surface area contributed by atoms with Gasteiger partial charge in [0, 0.05) is 18.7 Å². The van der Waals surface area contributed by atoms with Crippen LogP contribution in [-0.4, -0.2) is 30.3 Å². The average molecular weight is 235 g/mol. The molecule has 4 heteroatoms. The second-order valence-corrected chi connectivity index (χ2v) is 4.40. The molecular weight excluding hydrogens is 218 g/mol. The van der Waals surface area contributed by atoms with E-state index in [9.17, 15) is 9.90 Å². The van der Waals surface area contributed by atoms with Gasteiger partial charge in [0.05, 0.1) is 12.5 Å². The number of para-hydroxylation sites is 1. The highest BCUT2D eigenvalue weighted by Crippen LogP contribution is 2.23. The summed E-state index contributed by atoms with van der Waals surface area (Å²) >= 11 is 0. The maximum Gasteiger partial charge on any atom is 0.224 e. The maximum atomic E-state index is 11.7. The summed E-state index contributed by atoms with van der Waals surface area (Å²) in [6.45, 7) is 0. The van der Waals surface area contributed by atoms with Crippen LogP contribution in [0.15, 0.2) is 24.3 Å². The number of amides is 1. The van der Waals surface area contributed by atoms with Gasteiger partial charge in [0.25, 0.3) is 0 Å². The van der Waals surface area contributed by atoms with Crippen LogP contribution in [0.1, 0.15) is 18.4 Å². The van der Waals surface area contributed by atoms with E-state index in [1.54, 1.807) is 25.3 Å². The van der Waals surface area contributed by atoms with Crippen molar-refractivity contribution in [2.24, 2.45) is 0 Å². The van der Waals surface area contributed by atoms with Gasteiger partial charge in [-0.1, -0.05) is 18.2 Å². The molecule has 4 nitrogen and oxygen atoms in total. The zero-order valence-corrected chi connectivity index (χ0v) is 9.85. The first-order chi connectivity index (χ1) is 8.19. The van der Waals surface area contributed by atoms with Gasteiger partial charge in [0.1, 0.15) is 5.75 Å². The fourth-order valence-electron chi connectivity index (χ4n) is 1.99. The Morgan fingerprint density at radius 2 is 2.18 bits per heavy atom. The van der Waals surface area contributed by atoms with Gasteiger partial charge in [-0.05, 0) is 18.9 Å². The third-order valence-electron chi connectivity index (χ3n) is 3.14. The number of ether oxygens (including phenoxy) is 1. The van der Waals surface area contributed by atoms with E-state index >= 15 is 0 Å². The lowest BCUT2D eigenvalue weighted by Gasteiger charge is -2.34. The average Bonchev–Trinajstić information content (AvgIpc) is 2.26. The van der Waals surface area contributed by atoms with Gasteiger partial charge in [-0.25, -0.2) is 0 Å². The van der Waals surface area contributed by atoms with E-state index in [1.165, 1.54) is 0 Å². The Bertz CT molecular complexity index is 399. The summed E-state index contributed by atoms with van der Waals surface area (Å²) in [6, 6.07) is 7.12. The van der Waals surface area contributed by atoms with Crippen molar-refractivity contribution in [3.05, 3.63) is 29.8 Å². The van der Waals surface area contributed by atoms with E-state index in [0.29, 0.717) is 5.56 Å². The lowest BCUT2D eigenvalue weighted by Crippen LogP contribution is -2.47. The second kappa shape index (κ2) is 5.19. The standard InChI is InChI=1S/C13H17NO3/c1-17-11-7-10(8-11)14-13(16)6-9-4-2-3-5-12(9)15/h2-5,10-11,15H,6-8H2,1H3,(H,14,16). The van der Waals surface area contributed by atoms with Crippen LogP contribution in [0.5, 0.6) is 5.75 Å². The monoisotopic (exact) mass is 235 g/mol. The first kappa shape index (κ1) is 11.9. The number of methoxy groups -OCH3 is 1. The molecule has 1 saturated carbocycles. The summed E-state index contributed by atoms with van der Waals surface area (Å²) in [7, 11) is 1.69. The van der Waals surface area contributed by atoms with Gasteiger partial charge in [-0.15, -0.1) is 0 Å². The number of hydrogen-bond donors (Lipinski definition) is 2. The Morgan fingerprint density at radius 3 is 2.82 bits per heavy atom. The van der Waals surface area contributed by atoms with Crippen molar-refractivity contribution in [3.8, 4) is 5.75 Å². The van der Waals surface area contributed by atoms with E-state index in [1.807, 2.05) is 6.07 Å². The third kappa shape index (κ3) is 2.97. The summed E-state index contributed by atoms with van der Waals surface area (Å²) in [5, 5.41) is 12.5. The smallest absolute Gasteiger partial charge is 0.224 e. The zero-order chi connectivity index (χ0) is 12.3. The summed E-state index contributed by atoms with van der Waals surface area (Å²) in [5.41, 5.74) is 0.660. The minimum atomic E-state index is -0.0500. The predicted octanol–water partition coefficient (Wildman–Crippen LogP) is 1.23. The van der Waals surface area contributed by atoms with Gasteiger partial charge < -0.3 is 15.2 Å². The first-order valence-electron chi connectivity index (χ1n) is 5.78. The highest BCUT2D eigenvalue weighted by atomic mass is 16.5. The fourth-order valence-corrected chi connectivity index (χ4v) is 1.99. The highest BCUT2D eigenvalue weighted by Gasteiger charge is 2.29. The zero-order valence-electron chi connectivity index (χ0n) is 9.85. The fraction of sp³-hybridized carbons (Fsp3) is 0.462. The molecular formula is C13H17NO3. The Labute approximate surface area is 101 Å². The predicted molar refractivity (Wildman–Crippen MR) is 63.8 cm³/mol. The molecule has 17 heavy (non-hydrogen) atoms. The van der Waals surface area contributed by atoms with Crippen molar-refractivity contribution in [1.29, 1.82) is 0 Å². The molecule has 1 aliphatic carbocycles. The summed E-state index contributed by atoms with van der Waals surface area (Å²) in [5.74, 6) is 0.122. The Morgan fingerprint density at radius 1 is 1.47 bits per heavy atom. The summed E-state index contributed by atoms with van der Waals surface area (Å²) in [6.07, 6.45) is 2.26. The lowest BCUT2D eigenvalue weighted by atomic mass is 9.89. The largest absolute Gasteiger partial charge is 0.508 e. The van der Waals surface area contributed by atoms with Gasteiger partial charge >= 0.3 is 0 Å². The normalized spacial score (nSPS) is 22.9. The van der Waals surface area contributed by atoms with E-state index in [2.05, 4.69) is 5.32 Å². The van der Waals surface area contributed by atoms with Crippen LogP contribution in [0, 0.1) is 0 Å². The number of hydrogen-bond acceptors (Lipinski definition) is 3. The molecule has 1 aliphatic rings. The molecule has 0 heterocycles. The van der Waals surface area contributed by atoms with Crippen LogP contribution in [0.3, 0.4) is 0 Å². The molecule has 1 fully saturated rings. The van der Waals surface area contributed by atoms with Crippen LogP contribution in [0.2, 0.25) is 0 Å². The number of phenols is 1. The molecule has 2 N–H and O–H groups in total. The molecule has 0 bridgehead atoms. The lowest BCUT2D eigenvalue weighted by molar-refractivity contribution is -0.122. The summed E-state index contributed by atoms with van der Waals surface area (Å²) < 4.78 is 5.14. The maximum absolute atomic E-state index is 11.7. The topological polar surface area (TPSA) is 58.6 Å². The quantitative estimate of drug-likeness (QED) is 0.825. The number of aromatic hydroxyl groups is 1. The molecule has 1 amide bonds. The molecule has 0 radical (unpaired) electrons. The number of phenolic OH excluding ortho intramolecular Hbond substituents is 1. The number of nitrogens with one attached hydrogen (secondary N) is 1. The molecule has 0 aromatic heterocycles. The van der Waals surface area contributed by atoms with Gasteiger partial charge in [-0.2, -0.15) is 0 Å². The molecule has 1 aromatic rings. The molecule has 2 rings (SSSR count).